The smallest absolute Gasteiger partial charge is 0.146 e. The first-order valence-corrected chi connectivity index (χ1v) is 7.32. The first-order valence-electron chi connectivity index (χ1n) is 6.56. The molecule has 2 aromatic rings. The van der Waals surface area contributed by atoms with Crippen molar-refractivity contribution in [3.05, 3.63) is 52.5 Å². The zero-order valence-electron chi connectivity index (χ0n) is 11.5. The van der Waals surface area contributed by atoms with E-state index in [2.05, 4.69) is 19.0 Å². The molecule has 0 aliphatic heterocycles. The summed E-state index contributed by atoms with van der Waals surface area (Å²) in [5.74, 6) is 4.81. The van der Waals surface area contributed by atoms with Crippen LogP contribution in [0.25, 0.3) is 0 Å². The van der Waals surface area contributed by atoms with Gasteiger partial charge in [-0.15, -0.1) is 0 Å². The predicted molar refractivity (Wildman–Crippen MR) is 86.3 cm³/mol. The van der Waals surface area contributed by atoms with E-state index < -0.39 is 0 Å². The van der Waals surface area contributed by atoms with Crippen LogP contribution < -0.4 is 9.47 Å². The number of ether oxygens (including phenoxy) is 2. The summed E-state index contributed by atoms with van der Waals surface area (Å²) in [5, 5.41) is 1.04. The van der Waals surface area contributed by atoms with E-state index >= 15 is 0 Å². The van der Waals surface area contributed by atoms with Crippen molar-refractivity contribution in [2.24, 2.45) is 0 Å². The quantitative estimate of drug-likeness (QED) is 0.650. The molecular formula is C17H14Cl2O2. The zero-order valence-corrected chi connectivity index (χ0v) is 13.0. The number of halogens is 2. The molecular weight excluding hydrogens is 307 g/mol. The lowest BCUT2D eigenvalue weighted by molar-refractivity contribution is 0.478. The molecule has 0 heterocycles. The zero-order chi connectivity index (χ0) is 15.1. The van der Waals surface area contributed by atoms with E-state index in [0.29, 0.717) is 27.3 Å². The highest BCUT2D eigenvalue weighted by atomic mass is 35.5. The molecule has 2 rings (SSSR count). The fourth-order valence-electron chi connectivity index (χ4n) is 1.53. The van der Waals surface area contributed by atoms with Crippen molar-refractivity contribution in [3.8, 4) is 29.3 Å². The van der Waals surface area contributed by atoms with Gasteiger partial charge < -0.3 is 9.47 Å². The molecule has 0 spiro atoms. The van der Waals surface area contributed by atoms with Gasteiger partial charge in [0.15, 0.2) is 0 Å². The summed E-state index contributed by atoms with van der Waals surface area (Å²) < 4.78 is 11.0. The highest BCUT2D eigenvalue weighted by Gasteiger charge is 2.04. The van der Waals surface area contributed by atoms with E-state index in [1.165, 1.54) is 0 Å². The first kappa shape index (κ1) is 15.6. The van der Waals surface area contributed by atoms with Crippen LogP contribution in [0.1, 0.15) is 19.8 Å². The third-order valence-electron chi connectivity index (χ3n) is 2.56. The van der Waals surface area contributed by atoms with Crippen LogP contribution in [0.15, 0.2) is 42.5 Å². The summed E-state index contributed by atoms with van der Waals surface area (Å²) in [5.41, 5.74) is 0. The van der Waals surface area contributed by atoms with Gasteiger partial charge in [0, 0.05) is 11.4 Å². The molecule has 108 valence electrons. The Morgan fingerprint density at radius 1 is 1.00 bits per heavy atom. The minimum Gasteiger partial charge on any atom is -0.456 e. The maximum absolute atomic E-state index is 6.06. The van der Waals surface area contributed by atoms with E-state index in [-0.39, 0.29) is 0 Å². The number of hydrogen-bond donors (Lipinski definition) is 0. The highest BCUT2D eigenvalue weighted by Crippen LogP contribution is 2.32. The van der Waals surface area contributed by atoms with Gasteiger partial charge in [-0.05, 0) is 48.9 Å². The average molecular weight is 321 g/mol. The molecule has 0 unspecified atom stereocenters. The molecule has 0 amide bonds. The van der Waals surface area contributed by atoms with Crippen LogP contribution in [-0.4, -0.2) is 0 Å². The van der Waals surface area contributed by atoms with Gasteiger partial charge in [0.2, 0.25) is 0 Å². The Bertz CT molecular complexity index is 655. The molecule has 21 heavy (non-hydrogen) atoms. The average Bonchev–Trinajstić information content (AvgIpc) is 2.48. The van der Waals surface area contributed by atoms with Crippen molar-refractivity contribution >= 4 is 23.2 Å². The van der Waals surface area contributed by atoms with Crippen molar-refractivity contribution in [1.29, 1.82) is 0 Å². The second-order valence-electron chi connectivity index (χ2n) is 4.28. The Morgan fingerprint density at radius 2 is 1.71 bits per heavy atom. The van der Waals surface area contributed by atoms with Crippen molar-refractivity contribution in [1.82, 2.24) is 0 Å². The lowest BCUT2D eigenvalue weighted by Gasteiger charge is -2.08. The molecule has 2 nitrogen and oxygen atoms in total. The Kier molecular flexibility index (Phi) is 5.80. The molecule has 4 heteroatoms. The molecule has 0 aliphatic rings. The second kappa shape index (κ2) is 7.83. The van der Waals surface area contributed by atoms with Crippen LogP contribution in [0.3, 0.4) is 0 Å². The fraction of sp³-hybridized carbons (Fsp3) is 0.176. The molecule has 0 bridgehead atoms. The van der Waals surface area contributed by atoms with Crippen LogP contribution >= 0.6 is 23.2 Å². The van der Waals surface area contributed by atoms with E-state index in [0.717, 1.165) is 12.8 Å². The molecule has 0 N–H and O–H groups in total. The van der Waals surface area contributed by atoms with Gasteiger partial charge >= 0.3 is 0 Å². The lowest BCUT2D eigenvalue weighted by atomic mass is 10.3. The van der Waals surface area contributed by atoms with Gasteiger partial charge in [-0.25, -0.2) is 0 Å². The summed E-state index contributed by atoms with van der Waals surface area (Å²) in [6.07, 6.45) is 4.51. The maximum atomic E-state index is 6.06. The number of unbranched alkanes of at least 4 members (excludes halogenated alkanes) is 1. The van der Waals surface area contributed by atoms with Gasteiger partial charge in [-0.1, -0.05) is 36.0 Å². The molecule has 0 atom stereocenters. The summed E-state index contributed by atoms with van der Waals surface area (Å²) in [4.78, 5) is 0. The minimum absolute atomic E-state index is 0.466. The number of hydrogen-bond acceptors (Lipinski definition) is 2. The Hall–Kier alpha value is -1.82. The van der Waals surface area contributed by atoms with Crippen LogP contribution in [0.5, 0.6) is 17.2 Å². The monoisotopic (exact) mass is 320 g/mol. The van der Waals surface area contributed by atoms with Crippen molar-refractivity contribution in [2.75, 3.05) is 0 Å². The highest BCUT2D eigenvalue weighted by molar-refractivity contribution is 6.35. The van der Waals surface area contributed by atoms with E-state index in [1.807, 2.05) is 0 Å². The summed E-state index contributed by atoms with van der Waals surface area (Å²) >= 11 is 11.9. The molecule has 0 saturated carbocycles. The normalized spacial score (nSPS) is 9.67. The van der Waals surface area contributed by atoms with Gasteiger partial charge in [0.1, 0.15) is 23.4 Å². The molecule has 0 radical (unpaired) electrons. The summed E-state index contributed by atoms with van der Waals surface area (Å²) in [6.45, 7) is 2.07. The number of rotatable bonds is 4. The Morgan fingerprint density at radius 3 is 2.38 bits per heavy atom. The van der Waals surface area contributed by atoms with E-state index in [1.54, 1.807) is 42.5 Å². The molecule has 2 aromatic carbocycles. The molecule has 0 aliphatic carbocycles. The van der Waals surface area contributed by atoms with Gasteiger partial charge in [-0.3, -0.25) is 0 Å². The molecule has 0 aromatic heterocycles. The fourth-order valence-corrected chi connectivity index (χ4v) is 1.98. The predicted octanol–water partition coefficient (Wildman–Crippen LogP) is 5.93. The third kappa shape index (κ3) is 4.90. The Balaban J connectivity index is 2.01. The van der Waals surface area contributed by atoms with Crippen LogP contribution in [0.2, 0.25) is 10.0 Å². The largest absolute Gasteiger partial charge is 0.456 e. The second-order valence-corrected chi connectivity index (χ2v) is 5.12. The topological polar surface area (TPSA) is 18.5 Å². The lowest BCUT2D eigenvalue weighted by Crippen LogP contribution is -1.86. The van der Waals surface area contributed by atoms with E-state index in [4.69, 9.17) is 32.7 Å². The maximum Gasteiger partial charge on any atom is 0.146 e. The van der Waals surface area contributed by atoms with Crippen LogP contribution in [0, 0.1) is 12.0 Å². The minimum atomic E-state index is 0.466. The SMILES string of the molecule is CCCC#COc1ccc(Oc2ccc(Cl)cc2Cl)cc1. The van der Waals surface area contributed by atoms with Gasteiger partial charge in [0.25, 0.3) is 0 Å². The van der Waals surface area contributed by atoms with Gasteiger partial charge in [0.05, 0.1) is 5.02 Å². The summed E-state index contributed by atoms with van der Waals surface area (Å²) in [7, 11) is 0. The third-order valence-corrected chi connectivity index (χ3v) is 3.09. The van der Waals surface area contributed by atoms with Gasteiger partial charge in [-0.2, -0.15) is 0 Å². The molecule has 0 fully saturated rings. The standard InChI is InChI=1S/C17H14Cl2O2/c1-2-3-4-11-20-14-6-8-15(9-7-14)21-17-10-5-13(18)12-16(17)19/h5-10,12H,2-3H2,1H3. The summed E-state index contributed by atoms with van der Waals surface area (Å²) in [6, 6.07) is 12.3. The first-order chi connectivity index (χ1) is 10.2. The number of benzene rings is 2. The van der Waals surface area contributed by atoms with E-state index in [9.17, 15) is 0 Å². The van der Waals surface area contributed by atoms with Crippen molar-refractivity contribution in [2.45, 2.75) is 19.8 Å². The molecule has 0 saturated heterocycles. The van der Waals surface area contributed by atoms with Crippen LogP contribution in [-0.2, 0) is 0 Å². The Labute approximate surface area is 134 Å². The van der Waals surface area contributed by atoms with Crippen LogP contribution in [0.4, 0.5) is 0 Å². The van der Waals surface area contributed by atoms with Crippen molar-refractivity contribution in [3.63, 3.8) is 0 Å². The van der Waals surface area contributed by atoms with Crippen molar-refractivity contribution < 1.29 is 9.47 Å².